The fraction of sp³-hybridized carbons (Fsp3) is 0.0500. The minimum atomic E-state index is -3.76. The van der Waals surface area contributed by atoms with E-state index in [1.807, 2.05) is 6.26 Å². The van der Waals surface area contributed by atoms with E-state index in [0.717, 1.165) is 4.90 Å². The molecule has 0 aliphatic heterocycles. The Morgan fingerprint density at radius 3 is 2.23 bits per heavy atom. The van der Waals surface area contributed by atoms with Gasteiger partial charge < -0.3 is 5.32 Å². The second-order valence-electron chi connectivity index (χ2n) is 6.12. The lowest BCUT2D eigenvalue weighted by Gasteiger charge is -2.10. The van der Waals surface area contributed by atoms with Crippen LogP contribution in [0.25, 0.3) is 0 Å². The molecule has 0 spiro atoms. The molecule has 0 radical (unpaired) electrons. The zero-order valence-corrected chi connectivity index (χ0v) is 17.4. The largest absolute Gasteiger partial charge is 0.322 e. The number of thioether (sulfide) groups is 1. The van der Waals surface area contributed by atoms with Gasteiger partial charge in [-0.3, -0.25) is 19.6 Å². The highest BCUT2D eigenvalue weighted by atomic mass is 32.2. The fourth-order valence-corrected chi connectivity index (χ4v) is 4.03. The van der Waals surface area contributed by atoms with E-state index in [4.69, 9.17) is 0 Å². The van der Waals surface area contributed by atoms with Crippen LogP contribution in [0.4, 0.5) is 17.1 Å². The van der Waals surface area contributed by atoms with Gasteiger partial charge in [-0.05, 0) is 60.9 Å². The molecule has 2 N–H and O–H groups in total. The molecule has 0 saturated heterocycles. The number of anilines is 2. The van der Waals surface area contributed by atoms with E-state index in [1.165, 1.54) is 72.4 Å². The van der Waals surface area contributed by atoms with Gasteiger partial charge in [0, 0.05) is 34.0 Å². The van der Waals surface area contributed by atoms with Crippen LogP contribution in [0.15, 0.2) is 82.6 Å². The Bertz CT molecular complexity index is 1180. The van der Waals surface area contributed by atoms with Crippen LogP contribution >= 0.6 is 11.8 Å². The van der Waals surface area contributed by atoms with Crippen molar-refractivity contribution in [2.75, 3.05) is 16.3 Å². The van der Waals surface area contributed by atoms with E-state index >= 15 is 0 Å². The summed E-state index contributed by atoms with van der Waals surface area (Å²) >= 11 is 1.51. The molecule has 0 aliphatic carbocycles. The molecule has 3 aromatic rings. The number of carbonyl (C=O) groups excluding carboxylic acids is 1. The first-order valence-electron chi connectivity index (χ1n) is 8.61. The Balaban J connectivity index is 1.70. The van der Waals surface area contributed by atoms with Gasteiger partial charge in [0.15, 0.2) is 0 Å². The zero-order valence-electron chi connectivity index (χ0n) is 15.7. The molecule has 30 heavy (non-hydrogen) atoms. The maximum atomic E-state index is 12.5. The van der Waals surface area contributed by atoms with Gasteiger partial charge in [-0.2, -0.15) is 0 Å². The molecule has 0 heterocycles. The fourth-order valence-electron chi connectivity index (χ4n) is 2.56. The van der Waals surface area contributed by atoms with Crippen molar-refractivity contribution in [3.05, 3.63) is 88.5 Å². The topological polar surface area (TPSA) is 118 Å². The monoisotopic (exact) mass is 443 g/mol. The number of benzene rings is 3. The Labute approximate surface area is 177 Å². The number of nitrogens with one attached hydrogen (secondary N) is 2. The number of amides is 1. The first-order valence-corrected chi connectivity index (χ1v) is 11.3. The normalized spacial score (nSPS) is 11.0. The van der Waals surface area contributed by atoms with Crippen molar-refractivity contribution in [2.45, 2.75) is 9.79 Å². The number of nitro groups is 1. The quantitative estimate of drug-likeness (QED) is 0.318. The van der Waals surface area contributed by atoms with E-state index in [9.17, 15) is 23.3 Å². The Hall–Kier alpha value is -3.37. The van der Waals surface area contributed by atoms with Crippen molar-refractivity contribution >= 4 is 44.8 Å². The number of nitro benzene ring substituents is 1. The van der Waals surface area contributed by atoms with Crippen LogP contribution in [0.5, 0.6) is 0 Å². The van der Waals surface area contributed by atoms with Crippen LogP contribution in [0.2, 0.25) is 0 Å². The second-order valence-corrected chi connectivity index (χ2v) is 8.68. The first-order chi connectivity index (χ1) is 14.3. The highest BCUT2D eigenvalue weighted by Gasteiger charge is 2.15. The number of hydrogen-bond acceptors (Lipinski definition) is 6. The van der Waals surface area contributed by atoms with Crippen molar-refractivity contribution in [3.8, 4) is 0 Å². The summed E-state index contributed by atoms with van der Waals surface area (Å²) < 4.78 is 27.5. The van der Waals surface area contributed by atoms with Crippen molar-refractivity contribution in [1.29, 1.82) is 0 Å². The predicted molar refractivity (Wildman–Crippen MR) is 117 cm³/mol. The average molecular weight is 444 g/mol. The van der Waals surface area contributed by atoms with E-state index in [2.05, 4.69) is 10.0 Å². The lowest BCUT2D eigenvalue weighted by Crippen LogP contribution is -2.14. The highest BCUT2D eigenvalue weighted by Crippen LogP contribution is 2.21. The molecule has 3 aromatic carbocycles. The molecule has 1 amide bonds. The number of non-ortho nitro benzene ring substituents is 1. The minimum Gasteiger partial charge on any atom is -0.322 e. The molecule has 0 atom stereocenters. The molecule has 0 fully saturated rings. The molecule has 0 aliphatic rings. The van der Waals surface area contributed by atoms with Crippen LogP contribution in [-0.2, 0) is 10.0 Å². The molecule has 3 rings (SSSR count). The molecule has 0 aromatic heterocycles. The van der Waals surface area contributed by atoms with Gasteiger partial charge in [-0.15, -0.1) is 11.8 Å². The zero-order chi connectivity index (χ0) is 21.7. The van der Waals surface area contributed by atoms with Crippen molar-refractivity contribution < 1.29 is 18.1 Å². The summed E-state index contributed by atoms with van der Waals surface area (Å²) in [5.74, 6) is -0.474. The summed E-state index contributed by atoms with van der Waals surface area (Å²) in [5.41, 5.74) is 0.723. The molecular formula is C20H17N3O5S2. The summed E-state index contributed by atoms with van der Waals surface area (Å²) in [6, 6.07) is 17.9. The lowest BCUT2D eigenvalue weighted by atomic mass is 10.2. The van der Waals surface area contributed by atoms with E-state index < -0.39 is 20.9 Å². The number of rotatable bonds is 7. The Kier molecular flexibility index (Phi) is 6.38. The van der Waals surface area contributed by atoms with Gasteiger partial charge in [-0.1, -0.05) is 6.07 Å². The number of nitrogens with zero attached hydrogens (tertiary/aromatic N) is 1. The molecule has 10 heteroatoms. The number of sulfonamides is 1. The third-order valence-corrected chi connectivity index (χ3v) is 6.22. The SMILES string of the molecule is CSc1ccc(S(=O)(=O)Nc2ccc(C(=O)Nc3cccc([N+](=O)[O-])c3)cc2)cc1. The van der Waals surface area contributed by atoms with Gasteiger partial charge in [0.25, 0.3) is 21.6 Å². The van der Waals surface area contributed by atoms with E-state index in [1.54, 1.807) is 12.1 Å². The van der Waals surface area contributed by atoms with Crippen molar-refractivity contribution in [1.82, 2.24) is 0 Å². The number of carbonyl (C=O) groups is 1. The van der Waals surface area contributed by atoms with E-state index in [-0.39, 0.29) is 21.8 Å². The maximum absolute atomic E-state index is 12.5. The molecule has 8 nitrogen and oxygen atoms in total. The first kappa shape index (κ1) is 21.3. The van der Waals surface area contributed by atoms with Crippen LogP contribution in [-0.4, -0.2) is 25.5 Å². The number of hydrogen-bond donors (Lipinski definition) is 2. The van der Waals surface area contributed by atoms with Gasteiger partial charge in [0.2, 0.25) is 0 Å². The van der Waals surface area contributed by atoms with Crippen molar-refractivity contribution in [3.63, 3.8) is 0 Å². The summed E-state index contributed by atoms with van der Waals surface area (Å²) in [7, 11) is -3.76. The Morgan fingerprint density at radius 2 is 1.63 bits per heavy atom. The van der Waals surface area contributed by atoms with Gasteiger partial charge >= 0.3 is 0 Å². The predicted octanol–water partition coefficient (Wildman–Crippen LogP) is 4.37. The summed E-state index contributed by atoms with van der Waals surface area (Å²) in [4.78, 5) is 23.7. The summed E-state index contributed by atoms with van der Waals surface area (Å²) in [6.45, 7) is 0. The third kappa shape index (κ3) is 5.16. The lowest BCUT2D eigenvalue weighted by molar-refractivity contribution is -0.384. The average Bonchev–Trinajstić information content (AvgIpc) is 2.74. The molecule has 0 saturated carbocycles. The summed E-state index contributed by atoms with van der Waals surface area (Å²) in [5, 5.41) is 13.4. The van der Waals surface area contributed by atoms with Crippen LogP contribution < -0.4 is 10.0 Å². The molecule has 154 valence electrons. The van der Waals surface area contributed by atoms with E-state index in [0.29, 0.717) is 5.69 Å². The van der Waals surface area contributed by atoms with Gasteiger partial charge in [0.05, 0.1) is 9.82 Å². The van der Waals surface area contributed by atoms with Crippen LogP contribution in [0.1, 0.15) is 10.4 Å². The standard InChI is InChI=1S/C20H17N3O5S2/c1-29-18-9-11-19(12-10-18)30(27,28)22-15-7-5-14(6-8-15)20(24)21-16-3-2-4-17(13-16)23(25)26/h2-13,22H,1H3,(H,21,24). The van der Waals surface area contributed by atoms with Crippen LogP contribution in [0.3, 0.4) is 0 Å². The third-order valence-electron chi connectivity index (χ3n) is 4.08. The van der Waals surface area contributed by atoms with Gasteiger partial charge in [-0.25, -0.2) is 8.42 Å². The summed E-state index contributed by atoms with van der Waals surface area (Å²) in [6.07, 6.45) is 1.90. The smallest absolute Gasteiger partial charge is 0.271 e. The maximum Gasteiger partial charge on any atom is 0.271 e. The van der Waals surface area contributed by atoms with Crippen LogP contribution in [0, 0.1) is 10.1 Å². The molecular weight excluding hydrogens is 426 g/mol. The van der Waals surface area contributed by atoms with Crippen molar-refractivity contribution in [2.24, 2.45) is 0 Å². The molecule has 0 bridgehead atoms. The Morgan fingerprint density at radius 1 is 0.967 bits per heavy atom. The minimum absolute atomic E-state index is 0.132. The second kappa shape index (κ2) is 8.97. The highest BCUT2D eigenvalue weighted by molar-refractivity contribution is 7.98. The van der Waals surface area contributed by atoms with Gasteiger partial charge in [0.1, 0.15) is 0 Å². The molecule has 0 unspecified atom stereocenters.